The molecular weight excluding hydrogens is 253 g/mol. The zero-order valence-electron chi connectivity index (χ0n) is 12.3. The molecule has 1 nitrogen and oxygen atoms in total. The Bertz CT molecular complexity index is 448. The first-order valence-corrected chi connectivity index (χ1v) is 6.21. The lowest BCUT2D eigenvalue weighted by Gasteiger charge is -2.30. The molecule has 108 valence electrons. The van der Waals surface area contributed by atoms with Crippen molar-refractivity contribution in [2.24, 2.45) is 0 Å². The van der Waals surface area contributed by atoms with Gasteiger partial charge in [0, 0.05) is 0 Å². The summed E-state index contributed by atoms with van der Waals surface area (Å²) < 4.78 is 40.9. The van der Waals surface area contributed by atoms with E-state index in [2.05, 4.69) is 4.74 Å². The van der Waals surface area contributed by atoms with E-state index < -0.39 is 6.36 Å². The number of halogens is 3. The molecular formula is C15H21F3O. The summed E-state index contributed by atoms with van der Waals surface area (Å²) in [6.07, 6.45) is -4.65. The molecule has 0 amide bonds. The molecule has 4 heteroatoms. The molecule has 0 saturated heterocycles. The molecule has 0 N–H and O–H groups in total. The Kier molecular flexibility index (Phi) is 3.95. The summed E-state index contributed by atoms with van der Waals surface area (Å²) in [5, 5.41) is 0. The Morgan fingerprint density at radius 1 is 0.789 bits per heavy atom. The van der Waals surface area contributed by atoms with Crippen molar-refractivity contribution in [1.29, 1.82) is 0 Å². The molecule has 0 aromatic heterocycles. The summed E-state index contributed by atoms with van der Waals surface area (Å²) in [5.41, 5.74) is 1.55. The van der Waals surface area contributed by atoms with Crippen LogP contribution in [0.5, 0.6) is 5.75 Å². The Hall–Kier alpha value is -1.19. The summed E-state index contributed by atoms with van der Waals surface area (Å²) in [4.78, 5) is 0. The van der Waals surface area contributed by atoms with E-state index in [1.165, 1.54) is 12.1 Å². The van der Waals surface area contributed by atoms with Crippen molar-refractivity contribution in [1.82, 2.24) is 0 Å². The van der Waals surface area contributed by atoms with E-state index in [0.717, 1.165) is 11.1 Å². The van der Waals surface area contributed by atoms with Crippen molar-refractivity contribution in [3.05, 3.63) is 29.3 Å². The summed E-state index contributed by atoms with van der Waals surface area (Å²) in [6, 6.07) is 4.60. The van der Waals surface area contributed by atoms with Gasteiger partial charge in [0.15, 0.2) is 0 Å². The smallest absolute Gasteiger partial charge is 0.406 e. The molecule has 0 heterocycles. The normalized spacial score (nSPS) is 13.5. The largest absolute Gasteiger partial charge is 0.573 e. The van der Waals surface area contributed by atoms with Crippen molar-refractivity contribution < 1.29 is 17.9 Å². The summed E-state index contributed by atoms with van der Waals surface area (Å²) in [6.45, 7) is 12.1. The number of ether oxygens (including phenoxy) is 1. The fraction of sp³-hybridized carbons (Fsp3) is 0.600. The number of hydrogen-bond acceptors (Lipinski definition) is 1. The maximum Gasteiger partial charge on any atom is 0.573 e. The van der Waals surface area contributed by atoms with Crippen LogP contribution in [0.25, 0.3) is 0 Å². The van der Waals surface area contributed by atoms with Gasteiger partial charge in [0.1, 0.15) is 5.75 Å². The van der Waals surface area contributed by atoms with Gasteiger partial charge in [0.25, 0.3) is 0 Å². The second-order valence-corrected chi connectivity index (χ2v) is 6.76. The average molecular weight is 274 g/mol. The third kappa shape index (κ3) is 4.44. The number of hydrogen-bond donors (Lipinski definition) is 0. The van der Waals surface area contributed by atoms with Gasteiger partial charge >= 0.3 is 6.36 Å². The third-order valence-corrected chi connectivity index (χ3v) is 2.84. The van der Waals surface area contributed by atoms with Gasteiger partial charge in [-0.1, -0.05) is 47.6 Å². The second-order valence-electron chi connectivity index (χ2n) is 6.76. The van der Waals surface area contributed by atoms with E-state index in [0.29, 0.717) is 0 Å². The Labute approximate surface area is 112 Å². The van der Waals surface area contributed by atoms with E-state index in [1.807, 2.05) is 41.5 Å². The van der Waals surface area contributed by atoms with E-state index in [1.54, 1.807) is 6.07 Å². The van der Waals surface area contributed by atoms with Crippen molar-refractivity contribution >= 4 is 0 Å². The standard InChI is InChI=1S/C15H21F3O/c1-13(2,3)11-8-7-10(19-15(16,17)18)9-12(11)14(4,5)6/h7-9H,1-6H3. The first-order chi connectivity index (χ1) is 8.31. The molecule has 1 aromatic carbocycles. The van der Waals surface area contributed by atoms with Gasteiger partial charge in [-0.25, -0.2) is 0 Å². The van der Waals surface area contributed by atoms with Crippen LogP contribution >= 0.6 is 0 Å². The first kappa shape index (κ1) is 15.9. The predicted octanol–water partition coefficient (Wildman–Crippen LogP) is 5.18. The van der Waals surface area contributed by atoms with Gasteiger partial charge in [-0.3, -0.25) is 0 Å². The van der Waals surface area contributed by atoms with Crippen molar-refractivity contribution in [3.63, 3.8) is 0 Å². The maximum absolute atomic E-state index is 12.3. The highest BCUT2D eigenvalue weighted by atomic mass is 19.4. The molecule has 19 heavy (non-hydrogen) atoms. The van der Waals surface area contributed by atoms with E-state index in [9.17, 15) is 13.2 Å². The zero-order valence-corrected chi connectivity index (χ0v) is 12.3. The summed E-state index contributed by atoms with van der Waals surface area (Å²) in [5.74, 6) is -0.162. The molecule has 0 spiro atoms. The Morgan fingerprint density at radius 3 is 1.63 bits per heavy atom. The fourth-order valence-electron chi connectivity index (χ4n) is 2.00. The van der Waals surface area contributed by atoms with Crippen LogP contribution in [0.2, 0.25) is 0 Å². The highest BCUT2D eigenvalue weighted by Crippen LogP contribution is 2.37. The predicted molar refractivity (Wildman–Crippen MR) is 70.5 cm³/mol. The van der Waals surface area contributed by atoms with E-state index >= 15 is 0 Å². The lowest BCUT2D eigenvalue weighted by atomic mass is 9.75. The van der Waals surface area contributed by atoms with Gasteiger partial charge in [0.2, 0.25) is 0 Å². The Morgan fingerprint density at radius 2 is 1.26 bits per heavy atom. The van der Waals surface area contributed by atoms with Crippen LogP contribution in [0.1, 0.15) is 52.7 Å². The number of rotatable bonds is 1. The minimum Gasteiger partial charge on any atom is -0.406 e. The zero-order chi connectivity index (χ0) is 15.1. The molecule has 0 bridgehead atoms. The van der Waals surface area contributed by atoms with Crippen LogP contribution in [-0.4, -0.2) is 6.36 Å². The maximum atomic E-state index is 12.3. The van der Waals surface area contributed by atoms with Crippen LogP contribution in [0, 0.1) is 0 Å². The summed E-state index contributed by atoms with van der Waals surface area (Å²) in [7, 11) is 0. The number of alkyl halides is 3. The van der Waals surface area contributed by atoms with Crippen LogP contribution in [0.4, 0.5) is 13.2 Å². The quantitative estimate of drug-likeness (QED) is 0.685. The molecule has 0 saturated carbocycles. The molecule has 0 aliphatic heterocycles. The highest BCUT2D eigenvalue weighted by Gasteiger charge is 2.32. The van der Waals surface area contributed by atoms with Crippen molar-refractivity contribution in [2.45, 2.75) is 58.7 Å². The Balaban J connectivity index is 3.33. The van der Waals surface area contributed by atoms with Gasteiger partial charge in [-0.2, -0.15) is 0 Å². The second kappa shape index (κ2) is 4.73. The molecule has 0 aliphatic carbocycles. The van der Waals surface area contributed by atoms with Crippen LogP contribution in [0.3, 0.4) is 0 Å². The SMILES string of the molecule is CC(C)(C)c1ccc(OC(F)(F)F)cc1C(C)(C)C. The fourth-order valence-corrected chi connectivity index (χ4v) is 2.00. The molecule has 1 rings (SSSR count). The highest BCUT2D eigenvalue weighted by molar-refractivity contribution is 5.43. The first-order valence-electron chi connectivity index (χ1n) is 6.21. The number of benzene rings is 1. The van der Waals surface area contributed by atoms with Gasteiger partial charge in [-0.15, -0.1) is 13.2 Å². The monoisotopic (exact) mass is 274 g/mol. The minimum absolute atomic E-state index is 0.126. The average Bonchev–Trinajstić information content (AvgIpc) is 2.11. The molecule has 0 fully saturated rings. The van der Waals surface area contributed by atoms with Crippen molar-refractivity contribution in [2.75, 3.05) is 0 Å². The molecule has 1 aromatic rings. The van der Waals surface area contributed by atoms with Gasteiger partial charge in [-0.05, 0) is 34.1 Å². The molecule has 0 aliphatic rings. The van der Waals surface area contributed by atoms with Gasteiger partial charge in [0.05, 0.1) is 0 Å². The molecule has 0 atom stereocenters. The molecule has 0 radical (unpaired) electrons. The van der Waals surface area contributed by atoms with Crippen LogP contribution in [0.15, 0.2) is 18.2 Å². The summed E-state index contributed by atoms with van der Waals surface area (Å²) >= 11 is 0. The van der Waals surface area contributed by atoms with Crippen LogP contribution in [-0.2, 0) is 10.8 Å². The van der Waals surface area contributed by atoms with Gasteiger partial charge < -0.3 is 4.74 Å². The van der Waals surface area contributed by atoms with Crippen LogP contribution < -0.4 is 4.74 Å². The minimum atomic E-state index is -4.65. The van der Waals surface area contributed by atoms with Crippen molar-refractivity contribution in [3.8, 4) is 5.75 Å². The molecule has 0 unspecified atom stereocenters. The van der Waals surface area contributed by atoms with E-state index in [-0.39, 0.29) is 16.6 Å². The topological polar surface area (TPSA) is 9.23 Å². The third-order valence-electron chi connectivity index (χ3n) is 2.84. The lowest BCUT2D eigenvalue weighted by Crippen LogP contribution is -2.23. The van der Waals surface area contributed by atoms with E-state index in [4.69, 9.17) is 0 Å². The lowest BCUT2D eigenvalue weighted by molar-refractivity contribution is -0.274.